The standard InChI is InChI=1S/C14H22N2O2/c1-9-4-3-5-13(10(9)2)16-14(17)11-6-12(7-15)18-8-11/h6,8-10,13H,3-5,7,15H2,1-2H3,(H,16,17). The van der Waals surface area contributed by atoms with Gasteiger partial charge < -0.3 is 15.5 Å². The van der Waals surface area contributed by atoms with Crippen molar-refractivity contribution in [2.75, 3.05) is 0 Å². The molecule has 0 radical (unpaired) electrons. The minimum Gasteiger partial charge on any atom is -0.467 e. The van der Waals surface area contributed by atoms with Crippen LogP contribution in [0.3, 0.4) is 0 Å². The smallest absolute Gasteiger partial charge is 0.254 e. The lowest BCUT2D eigenvalue weighted by Crippen LogP contribution is -2.43. The summed E-state index contributed by atoms with van der Waals surface area (Å²) in [6.45, 7) is 4.80. The highest BCUT2D eigenvalue weighted by Gasteiger charge is 2.28. The van der Waals surface area contributed by atoms with Crippen LogP contribution < -0.4 is 11.1 Å². The third-order valence-electron chi connectivity index (χ3n) is 4.14. The summed E-state index contributed by atoms with van der Waals surface area (Å²) in [4.78, 5) is 12.1. The predicted molar refractivity (Wildman–Crippen MR) is 70.0 cm³/mol. The Morgan fingerprint density at radius 3 is 2.94 bits per heavy atom. The van der Waals surface area contributed by atoms with E-state index < -0.39 is 0 Å². The van der Waals surface area contributed by atoms with Gasteiger partial charge in [-0.15, -0.1) is 0 Å². The second kappa shape index (κ2) is 5.57. The molecule has 0 bridgehead atoms. The van der Waals surface area contributed by atoms with E-state index >= 15 is 0 Å². The largest absolute Gasteiger partial charge is 0.467 e. The number of amides is 1. The zero-order valence-corrected chi connectivity index (χ0v) is 11.1. The Morgan fingerprint density at radius 1 is 1.50 bits per heavy atom. The maximum absolute atomic E-state index is 12.1. The fourth-order valence-electron chi connectivity index (χ4n) is 2.64. The molecule has 1 amide bonds. The molecule has 100 valence electrons. The van der Waals surface area contributed by atoms with Crippen molar-refractivity contribution in [1.29, 1.82) is 0 Å². The number of hydrogen-bond donors (Lipinski definition) is 2. The molecule has 18 heavy (non-hydrogen) atoms. The Labute approximate surface area is 108 Å². The third kappa shape index (κ3) is 2.75. The fourth-order valence-corrected chi connectivity index (χ4v) is 2.64. The Balaban J connectivity index is 1.98. The molecule has 0 saturated heterocycles. The summed E-state index contributed by atoms with van der Waals surface area (Å²) in [7, 11) is 0. The average Bonchev–Trinajstić information content (AvgIpc) is 2.83. The van der Waals surface area contributed by atoms with Gasteiger partial charge in [-0.1, -0.05) is 26.7 Å². The first-order valence-corrected chi connectivity index (χ1v) is 6.70. The van der Waals surface area contributed by atoms with Gasteiger partial charge in [0.2, 0.25) is 0 Å². The number of hydrogen-bond acceptors (Lipinski definition) is 3. The molecule has 0 aliphatic heterocycles. The summed E-state index contributed by atoms with van der Waals surface area (Å²) >= 11 is 0. The van der Waals surface area contributed by atoms with Crippen molar-refractivity contribution in [2.24, 2.45) is 17.6 Å². The highest BCUT2D eigenvalue weighted by molar-refractivity contribution is 5.94. The molecule has 3 unspecified atom stereocenters. The first-order valence-electron chi connectivity index (χ1n) is 6.70. The maximum atomic E-state index is 12.1. The van der Waals surface area contributed by atoms with E-state index in [9.17, 15) is 4.79 Å². The molecule has 4 nitrogen and oxygen atoms in total. The summed E-state index contributed by atoms with van der Waals surface area (Å²) < 4.78 is 5.19. The zero-order chi connectivity index (χ0) is 13.1. The number of carbonyl (C=O) groups excluding carboxylic acids is 1. The number of nitrogens with two attached hydrogens (primary N) is 1. The quantitative estimate of drug-likeness (QED) is 0.864. The molecule has 1 aliphatic rings. The highest BCUT2D eigenvalue weighted by Crippen LogP contribution is 2.29. The van der Waals surface area contributed by atoms with Crippen LogP contribution in [-0.2, 0) is 6.54 Å². The van der Waals surface area contributed by atoms with Crippen molar-refractivity contribution in [3.8, 4) is 0 Å². The predicted octanol–water partition coefficient (Wildman–Crippen LogP) is 2.29. The average molecular weight is 250 g/mol. The summed E-state index contributed by atoms with van der Waals surface area (Å²) in [6, 6.07) is 1.99. The second-order valence-electron chi connectivity index (χ2n) is 5.35. The van der Waals surface area contributed by atoms with Gasteiger partial charge in [0.15, 0.2) is 0 Å². The van der Waals surface area contributed by atoms with E-state index in [0.29, 0.717) is 29.7 Å². The number of carbonyl (C=O) groups is 1. The Bertz CT molecular complexity index is 414. The van der Waals surface area contributed by atoms with E-state index in [1.165, 1.54) is 19.1 Å². The van der Waals surface area contributed by atoms with Crippen molar-refractivity contribution in [3.63, 3.8) is 0 Å². The lowest BCUT2D eigenvalue weighted by Gasteiger charge is -2.34. The van der Waals surface area contributed by atoms with E-state index in [4.69, 9.17) is 10.2 Å². The molecule has 3 N–H and O–H groups in total. The van der Waals surface area contributed by atoms with Crippen LogP contribution in [-0.4, -0.2) is 11.9 Å². The van der Waals surface area contributed by atoms with Gasteiger partial charge in [-0.05, 0) is 24.3 Å². The topological polar surface area (TPSA) is 68.3 Å². The molecule has 1 fully saturated rings. The minimum atomic E-state index is -0.0515. The molecule has 1 aromatic rings. The van der Waals surface area contributed by atoms with Gasteiger partial charge in [-0.2, -0.15) is 0 Å². The van der Waals surface area contributed by atoms with E-state index in [1.807, 2.05) is 0 Å². The van der Waals surface area contributed by atoms with Crippen molar-refractivity contribution in [1.82, 2.24) is 5.32 Å². The second-order valence-corrected chi connectivity index (χ2v) is 5.35. The maximum Gasteiger partial charge on any atom is 0.254 e. The Hall–Kier alpha value is -1.29. The van der Waals surface area contributed by atoms with E-state index in [0.717, 1.165) is 6.42 Å². The van der Waals surface area contributed by atoms with E-state index in [1.54, 1.807) is 6.07 Å². The normalized spacial score (nSPS) is 28.1. The fraction of sp³-hybridized carbons (Fsp3) is 0.643. The van der Waals surface area contributed by atoms with E-state index in [-0.39, 0.29) is 11.9 Å². The monoisotopic (exact) mass is 250 g/mol. The van der Waals surface area contributed by atoms with Gasteiger partial charge in [0.1, 0.15) is 12.0 Å². The van der Waals surface area contributed by atoms with Gasteiger partial charge in [0.05, 0.1) is 12.1 Å². The third-order valence-corrected chi connectivity index (χ3v) is 4.14. The summed E-state index contributed by atoms with van der Waals surface area (Å²) in [5.74, 6) is 1.80. The van der Waals surface area contributed by atoms with Gasteiger partial charge in [0.25, 0.3) is 5.91 Å². The molecule has 1 aromatic heterocycles. The summed E-state index contributed by atoms with van der Waals surface area (Å²) in [5.41, 5.74) is 6.03. The minimum absolute atomic E-state index is 0.0515. The van der Waals surface area contributed by atoms with Gasteiger partial charge in [-0.3, -0.25) is 4.79 Å². The van der Waals surface area contributed by atoms with Crippen LogP contribution >= 0.6 is 0 Å². The van der Waals surface area contributed by atoms with Crippen LogP contribution in [0.1, 0.15) is 49.2 Å². The Kier molecular flexibility index (Phi) is 4.07. The van der Waals surface area contributed by atoms with Crippen molar-refractivity contribution in [3.05, 3.63) is 23.7 Å². The van der Waals surface area contributed by atoms with Crippen LogP contribution in [0.15, 0.2) is 16.7 Å². The molecule has 2 rings (SSSR count). The van der Waals surface area contributed by atoms with Crippen LogP contribution in [0.5, 0.6) is 0 Å². The van der Waals surface area contributed by atoms with Crippen LogP contribution in [0.2, 0.25) is 0 Å². The first kappa shape index (κ1) is 13.1. The number of furan rings is 1. The Morgan fingerprint density at radius 2 is 2.28 bits per heavy atom. The lowest BCUT2D eigenvalue weighted by molar-refractivity contribution is 0.0890. The molecule has 0 aromatic carbocycles. The van der Waals surface area contributed by atoms with E-state index in [2.05, 4.69) is 19.2 Å². The SMILES string of the molecule is CC1CCCC(NC(=O)c2coc(CN)c2)C1C. The van der Waals surface area contributed by atoms with Crippen molar-refractivity contribution >= 4 is 5.91 Å². The zero-order valence-electron chi connectivity index (χ0n) is 11.1. The number of rotatable bonds is 3. The first-order chi connectivity index (χ1) is 8.61. The summed E-state index contributed by atoms with van der Waals surface area (Å²) in [6.07, 6.45) is 5.00. The molecule has 1 aliphatic carbocycles. The van der Waals surface area contributed by atoms with Gasteiger partial charge in [0, 0.05) is 6.04 Å². The molecule has 3 atom stereocenters. The molecule has 4 heteroatoms. The lowest BCUT2D eigenvalue weighted by atomic mass is 9.78. The highest BCUT2D eigenvalue weighted by atomic mass is 16.3. The molecule has 1 saturated carbocycles. The summed E-state index contributed by atoms with van der Waals surface area (Å²) in [5, 5.41) is 3.11. The van der Waals surface area contributed by atoms with Crippen molar-refractivity contribution in [2.45, 2.75) is 45.7 Å². The van der Waals surface area contributed by atoms with Gasteiger partial charge >= 0.3 is 0 Å². The van der Waals surface area contributed by atoms with Gasteiger partial charge in [-0.25, -0.2) is 0 Å². The molecule has 0 spiro atoms. The van der Waals surface area contributed by atoms with Crippen LogP contribution in [0.25, 0.3) is 0 Å². The molecule has 1 heterocycles. The van der Waals surface area contributed by atoms with Crippen LogP contribution in [0, 0.1) is 11.8 Å². The van der Waals surface area contributed by atoms with Crippen LogP contribution in [0.4, 0.5) is 0 Å². The van der Waals surface area contributed by atoms with Crippen molar-refractivity contribution < 1.29 is 9.21 Å². The molecular formula is C14H22N2O2. The number of nitrogens with one attached hydrogen (secondary N) is 1. The molecular weight excluding hydrogens is 228 g/mol.